The Kier molecular flexibility index (Phi) is 3.62. The van der Waals surface area contributed by atoms with Gasteiger partial charge in [-0.2, -0.15) is 0 Å². The van der Waals surface area contributed by atoms with Gasteiger partial charge in [0.05, 0.1) is 0 Å². The van der Waals surface area contributed by atoms with Gasteiger partial charge in [-0.05, 0) is 38.8 Å². The summed E-state index contributed by atoms with van der Waals surface area (Å²) in [6.07, 6.45) is 2.55. The molecule has 2 unspecified atom stereocenters. The molecule has 1 saturated heterocycles. The van der Waals surface area contributed by atoms with Crippen LogP contribution in [0, 0.1) is 6.92 Å². The van der Waals surface area contributed by atoms with Gasteiger partial charge in [0.15, 0.2) is 0 Å². The lowest BCUT2D eigenvalue weighted by Gasteiger charge is -2.30. The van der Waals surface area contributed by atoms with E-state index in [0.29, 0.717) is 12.1 Å². The molecule has 1 aliphatic heterocycles. The van der Waals surface area contributed by atoms with E-state index in [1.54, 1.807) is 0 Å². The zero-order chi connectivity index (χ0) is 11.5. The zero-order valence-electron chi connectivity index (χ0n) is 10.3. The lowest BCUT2D eigenvalue weighted by Crippen LogP contribution is -2.37. The molecule has 2 rings (SSSR count). The summed E-state index contributed by atoms with van der Waals surface area (Å²) in [5.74, 6) is 0. The van der Waals surface area contributed by atoms with Gasteiger partial charge in [0.25, 0.3) is 0 Å². The van der Waals surface area contributed by atoms with E-state index in [9.17, 15) is 0 Å². The van der Waals surface area contributed by atoms with Crippen LogP contribution in [0.5, 0.6) is 0 Å². The molecular formula is C14H22N2. The molecule has 0 bridgehead atoms. The first-order chi connectivity index (χ1) is 7.72. The Labute approximate surface area is 98.4 Å². The van der Waals surface area contributed by atoms with Gasteiger partial charge in [0, 0.05) is 18.6 Å². The van der Waals surface area contributed by atoms with E-state index in [4.69, 9.17) is 5.73 Å². The van der Waals surface area contributed by atoms with E-state index in [-0.39, 0.29) is 0 Å². The van der Waals surface area contributed by atoms with E-state index >= 15 is 0 Å². The summed E-state index contributed by atoms with van der Waals surface area (Å²) in [6.45, 7) is 6.43. The van der Waals surface area contributed by atoms with Crippen LogP contribution < -0.4 is 5.73 Å². The van der Waals surface area contributed by atoms with E-state index in [1.807, 2.05) is 0 Å². The maximum absolute atomic E-state index is 5.83. The number of nitrogens with zero attached hydrogens (tertiary/aromatic N) is 1. The molecule has 0 spiro atoms. The van der Waals surface area contributed by atoms with Crippen LogP contribution in [0.4, 0.5) is 0 Å². The Morgan fingerprint density at radius 1 is 1.50 bits per heavy atom. The third-order valence-electron chi connectivity index (χ3n) is 3.72. The molecule has 16 heavy (non-hydrogen) atoms. The third-order valence-corrected chi connectivity index (χ3v) is 3.72. The average Bonchev–Trinajstić information content (AvgIpc) is 2.76. The SMILES string of the molecule is Cc1cccc(C(C)N2CCCC2CN)c1. The van der Waals surface area contributed by atoms with Gasteiger partial charge in [0.2, 0.25) is 0 Å². The molecule has 0 aromatic heterocycles. The number of hydrogen-bond acceptors (Lipinski definition) is 2. The highest BCUT2D eigenvalue weighted by Crippen LogP contribution is 2.28. The molecular weight excluding hydrogens is 196 g/mol. The van der Waals surface area contributed by atoms with Crippen LogP contribution in [0.2, 0.25) is 0 Å². The Morgan fingerprint density at radius 2 is 2.31 bits per heavy atom. The fourth-order valence-electron chi connectivity index (χ4n) is 2.74. The highest BCUT2D eigenvalue weighted by Gasteiger charge is 2.27. The number of rotatable bonds is 3. The predicted molar refractivity (Wildman–Crippen MR) is 68.4 cm³/mol. The molecule has 0 amide bonds. The van der Waals surface area contributed by atoms with Gasteiger partial charge in [-0.25, -0.2) is 0 Å². The molecule has 2 heteroatoms. The molecule has 0 aliphatic carbocycles. The topological polar surface area (TPSA) is 29.3 Å². The molecule has 1 aromatic carbocycles. The third kappa shape index (κ3) is 2.28. The number of aryl methyl sites for hydroxylation is 1. The number of nitrogens with two attached hydrogens (primary N) is 1. The largest absolute Gasteiger partial charge is 0.329 e. The molecule has 1 fully saturated rings. The number of benzene rings is 1. The standard InChI is InChI=1S/C14H22N2/c1-11-5-3-6-13(9-11)12(2)16-8-4-7-14(16)10-15/h3,5-6,9,12,14H,4,7-8,10,15H2,1-2H3. The molecule has 0 saturated carbocycles. The van der Waals surface area contributed by atoms with Crippen molar-refractivity contribution in [1.29, 1.82) is 0 Å². The molecule has 2 atom stereocenters. The lowest BCUT2D eigenvalue weighted by atomic mass is 10.0. The first kappa shape index (κ1) is 11.6. The zero-order valence-corrected chi connectivity index (χ0v) is 10.3. The predicted octanol–water partition coefficient (Wildman–Crippen LogP) is 2.48. The highest BCUT2D eigenvalue weighted by molar-refractivity contribution is 5.25. The van der Waals surface area contributed by atoms with Crippen molar-refractivity contribution in [3.8, 4) is 0 Å². The molecule has 1 aliphatic rings. The van der Waals surface area contributed by atoms with Crippen molar-refractivity contribution in [3.63, 3.8) is 0 Å². The van der Waals surface area contributed by atoms with Crippen LogP contribution in [0.1, 0.15) is 36.9 Å². The normalized spacial score (nSPS) is 23.6. The van der Waals surface area contributed by atoms with Crippen LogP contribution in [-0.2, 0) is 0 Å². The van der Waals surface area contributed by atoms with Gasteiger partial charge < -0.3 is 5.73 Å². The monoisotopic (exact) mass is 218 g/mol. The molecule has 2 nitrogen and oxygen atoms in total. The van der Waals surface area contributed by atoms with Gasteiger partial charge in [-0.15, -0.1) is 0 Å². The molecule has 0 radical (unpaired) electrons. The quantitative estimate of drug-likeness (QED) is 0.844. The molecule has 1 heterocycles. The summed E-state index contributed by atoms with van der Waals surface area (Å²) in [5.41, 5.74) is 8.59. The summed E-state index contributed by atoms with van der Waals surface area (Å²) in [6, 6.07) is 9.89. The highest BCUT2D eigenvalue weighted by atomic mass is 15.2. The van der Waals surface area contributed by atoms with Crippen molar-refractivity contribution in [2.45, 2.75) is 38.8 Å². The average molecular weight is 218 g/mol. The summed E-state index contributed by atoms with van der Waals surface area (Å²) in [5, 5.41) is 0. The fraction of sp³-hybridized carbons (Fsp3) is 0.571. The molecule has 1 aromatic rings. The molecule has 88 valence electrons. The van der Waals surface area contributed by atoms with Crippen molar-refractivity contribution >= 4 is 0 Å². The first-order valence-corrected chi connectivity index (χ1v) is 6.24. The van der Waals surface area contributed by atoms with Crippen molar-refractivity contribution < 1.29 is 0 Å². The van der Waals surface area contributed by atoms with Crippen LogP contribution >= 0.6 is 0 Å². The summed E-state index contributed by atoms with van der Waals surface area (Å²) in [4.78, 5) is 2.55. The van der Waals surface area contributed by atoms with Gasteiger partial charge in [0.1, 0.15) is 0 Å². The Bertz CT molecular complexity index is 348. The van der Waals surface area contributed by atoms with E-state index in [1.165, 1.54) is 30.5 Å². The Morgan fingerprint density at radius 3 is 3.00 bits per heavy atom. The van der Waals surface area contributed by atoms with Crippen LogP contribution in [0.15, 0.2) is 24.3 Å². The second-order valence-electron chi connectivity index (χ2n) is 4.86. The summed E-state index contributed by atoms with van der Waals surface area (Å²) < 4.78 is 0. The second-order valence-corrected chi connectivity index (χ2v) is 4.86. The minimum Gasteiger partial charge on any atom is -0.329 e. The minimum absolute atomic E-state index is 0.496. The minimum atomic E-state index is 0.496. The van der Waals surface area contributed by atoms with Gasteiger partial charge in [-0.1, -0.05) is 29.8 Å². The maximum Gasteiger partial charge on any atom is 0.0323 e. The second kappa shape index (κ2) is 4.98. The van der Waals surface area contributed by atoms with Gasteiger partial charge >= 0.3 is 0 Å². The van der Waals surface area contributed by atoms with Crippen molar-refractivity contribution in [3.05, 3.63) is 35.4 Å². The van der Waals surface area contributed by atoms with E-state index in [2.05, 4.69) is 43.0 Å². The van der Waals surface area contributed by atoms with Crippen molar-refractivity contribution in [1.82, 2.24) is 4.90 Å². The smallest absolute Gasteiger partial charge is 0.0323 e. The Balaban J connectivity index is 2.15. The van der Waals surface area contributed by atoms with E-state index < -0.39 is 0 Å². The molecule has 2 N–H and O–H groups in total. The summed E-state index contributed by atoms with van der Waals surface area (Å²) >= 11 is 0. The maximum atomic E-state index is 5.83. The Hall–Kier alpha value is -0.860. The van der Waals surface area contributed by atoms with Crippen LogP contribution in [-0.4, -0.2) is 24.0 Å². The number of likely N-dealkylation sites (tertiary alicyclic amines) is 1. The van der Waals surface area contributed by atoms with E-state index in [0.717, 1.165) is 6.54 Å². The summed E-state index contributed by atoms with van der Waals surface area (Å²) in [7, 11) is 0. The van der Waals surface area contributed by atoms with Crippen LogP contribution in [0.25, 0.3) is 0 Å². The first-order valence-electron chi connectivity index (χ1n) is 6.24. The van der Waals surface area contributed by atoms with Crippen LogP contribution in [0.3, 0.4) is 0 Å². The lowest BCUT2D eigenvalue weighted by molar-refractivity contribution is 0.197. The van der Waals surface area contributed by atoms with Gasteiger partial charge in [-0.3, -0.25) is 4.90 Å². The van der Waals surface area contributed by atoms with Crippen molar-refractivity contribution in [2.75, 3.05) is 13.1 Å². The fourth-order valence-corrected chi connectivity index (χ4v) is 2.74. The number of hydrogen-bond donors (Lipinski definition) is 1. The van der Waals surface area contributed by atoms with Crippen molar-refractivity contribution in [2.24, 2.45) is 5.73 Å².